The summed E-state index contributed by atoms with van der Waals surface area (Å²) in [6.45, 7) is 6.05. The quantitative estimate of drug-likeness (QED) is 0.444. The number of carbonyl (C=O) groups is 1. The molecule has 5 nitrogen and oxygen atoms in total. The minimum atomic E-state index is -0.446. The summed E-state index contributed by atoms with van der Waals surface area (Å²) < 4.78 is 25.4. The standard InChI is InChI=1S/C22H22BrFN2O3/c1-4-28-20-10-16(9-17(12-25)22(27)26-14(2)3)19(23)11-21(20)29-13-15-6-5-7-18(24)8-15/h5-11,14H,4,13H2,1-3H3,(H,26,27)/b17-9-. The first-order valence-corrected chi connectivity index (χ1v) is 9.89. The predicted octanol–water partition coefficient (Wildman–Crippen LogP) is 5.00. The molecule has 2 aromatic carbocycles. The summed E-state index contributed by atoms with van der Waals surface area (Å²) in [5.41, 5.74) is 1.27. The number of benzene rings is 2. The molecule has 0 atom stereocenters. The van der Waals surface area contributed by atoms with Crippen LogP contribution in [0.2, 0.25) is 0 Å². The van der Waals surface area contributed by atoms with E-state index in [1.54, 1.807) is 24.3 Å². The van der Waals surface area contributed by atoms with Crippen molar-refractivity contribution in [2.45, 2.75) is 33.4 Å². The smallest absolute Gasteiger partial charge is 0.262 e. The van der Waals surface area contributed by atoms with Gasteiger partial charge in [0.05, 0.1) is 6.61 Å². The van der Waals surface area contributed by atoms with Crippen molar-refractivity contribution in [3.05, 3.63) is 63.4 Å². The molecule has 0 saturated heterocycles. The van der Waals surface area contributed by atoms with Gasteiger partial charge in [0, 0.05) is 10.5 Å². The molecule has 0 bridgehead atoms. The fraction of sp³-hybridized carbons (Fsp3) is 0.273. The third-order valence-electron chi connectivity index (χ3n) is 3.73. The third kappa shape index (κ3) is 6.61. The van der Waals surface area contributed by atoms with Crippen LogP contribution in [0.15, 0.2) is 46.4 Å². The van der Waals surface area contributed by atoms with E-state index in [0.717, 1.165) is 0 Å². The van der Waals surface area contributed by atoms with E-state index in [2.05, 4.69) is 21.2 Å². The Morgan fingerprint density at radius 2 is 2.00 bits per heavy atom. The molecule has 0 radical (unpaired) electrons. The summed E-state index contributed by atoms with van der Waals surface area (Å²) in [7, 11) is 0. The molecule has 0 saturated carbocycles. The van der Waals surface area contributed by atoms with Gasteiger partial charge in [-0.1, -0.05) is 28.1 Å². The van der Waals surface area contributed by atoms with Gasteiger partial charge in [-0.05, 0) is 62.2 Å². The van der Waals surface area contributed by atoms with Crippen LogP contribution in [0.5, 0.6) is 11.5 Å². The van der Waals surface area contributed by atoms with Crippen LogP contribution < -0.4 is 14.8 Å². The molecular weight excluding hydrogens is 439 g/mol. The van der Waals surface area contributed by atoms with E-state index in [1.165, 1.54) is 18.2 Å². The monoisotopic (exact) mass is 460 g/mol. The molecule has 7 heteroatoms. The molecule has 0 aliphatic carbocycles. The number of hydrogen-bond donors (Lipinski definition) is 1. The highest BCUT2D eigenvalue weighted by atomic mass is 79.9. The van der Waals surface area contributed by atoms with Gasteiger partial charge in [0.2, 0.25) is 0 Å². The lowest BCUT2D eigenvalue weighted by molar-refractivity contribution is -0.117. The van der Waals surface area contributed by atoms with Crippen molar-refractivity contribution in [2.75, 3.05) is 6.61 Å². The van der Waals surface area contributed by atoms with Crippen molar-refractivity contribution in [1.29, 1.82) is 5.26 Å². The average Bonchev–Trinajstić information content (AvgIpc) is 2.66. The maximum Gasteiger partial charge on any atom is 0.262 e. The van der Waals surface area contributed by atoms with Crippen molar-refractivity contribution < 1.29 is 18.7 Å². The van der Waals surface area contributed by atoms with E-state index >= 15 is 0 Å². The summed E-state index contributed by atoms with van der Waals surface area (Å²) in [6, 6.07) is 11.4. The molecule has 2 rings (SSSR count). The number of amides is 1. The Bertz CT molecular complexity index is 952. The van der Waals surface area contributed by atoms with Crippen LogP contribution in [0.3, 0.4) is 0 Å². The molecule has 1 N–H and O–H groups in total. The highest BCUT2D eigenvalue weighted by Crippen LogP contribution is 2.35. The molecule has 29 heavy (non-hydrogen) atoms. The highest BCUT2D eigenvalue weighted by Gasteiger charge is 2.14. The van der Waals surface area contributed by atoms with Crippen molar-refractivity contribution in [2.24, 2.45) is 0 Å². The van der Waals surface area contributed by atoms with Crippen LogP contribution >= 0.6 is 15.9 Å². The Kier molecular flexibility index (Phi) is 8.22. The number of halogens is 2. The Balaban J connectivity index is 2.32. The Morgan fingerprint density at radius 1 is 1.28 bits per heavy atom. The summed E-state index contributed by atoms with van der Waals surface area (Å²) >= 11 is 3.45. The summed E-state index contributed by atoms with van der Waals surface area (Å²) in [5, 5.41) is 12.0. The van der Waals surface area contributed by atoms with Gasteiger partial charge in [0.25, 0.3) is 5.91 Å². The number of ether oxygens (including phenoxy) is 2. The molecule has 152 valence electrons. The number of hydrogen-bond acceptors (Lipinski definition) is 4. The van der Waals surface area contributed by atoms with E-state index in [4.69, 9.17) is 9.47 Å². The highest BCUT2D eigenvalue weighted by molar-refractivity contribution is 9.10. The van der Waals surface area contributed by atoms with Crippen LogP contribution in [0.4, 0.5) is 4.39 Å². The van der Waals surface area contributed by atoms with Crippen molar-refractivity contribution >= 4 is 27.9 Å². The number of nitriles is 1. The van der Waals surface area contributed by atoms with Gasteiger partial charge >= 0.3 is 0 Å². The van der Waals surface area contributed by atoms with Gasteiger partial charge < -0.3 is 14.8 Å². The molecule has 0 aromatic heterocycles. The fourth-order valence-electron chi connectivity index (χ4n) is 2.47. The average molecular weight is 461 g/mol. The van der Waals surface area contributed by atoms with Crippen molar-refractivity contribution in [3.63, 3.8) is 0 Å². The first kappa shape index (κ1) is 22.4. The first-order chi connectivity index (χ1) is 13.8. The van der Waals surface area contributed by atoms with E-state index in [-0.39, 0.29) is 24.0 Å². The third-order valence-corrected chi connectivity index (χ3v) is 4.42. The van der Waals surface area contributed by atoms with Gasteiger partial charge in [-0.15, -0.1) is 0 Å². The largest absolute Gasteiger partial charge is 0.490 e. The molecule has 0 spiro atoms. The van der Waals surface area contributed by atoms with Crippen LogP contribution in [0.1, 0.15) is 31.9 Å². The maximum atomic E-state index is 13.4. The number of nitrogens with one attached hydrogen (secondary N) is 1. The second-order valence-corrected chi connectivity index (χ2v) is 7.32. The fourth-order valence-corrected chi connectivity index (χ4v) is 2.91. The Morgan fingerprint density at radius 3 is 2.62 bits per heavy atom. The topological polar surface area (TPSA) is 71.3 Å². The van der Waals surface area contributed by atoms with E-state index in [1.807, 2.05) is 26.8 Å². The molecule has 0 unspecified atom stereocenters. The van der Waals surface area contributed by atoms with Crippen LogP contribution in [-0.2, 0) is 11.4 Å². The van der Waals surface area contributed by atoms with Crippen molar-refractivity contribution in [3.8, 4) is 17.6 Å². The predicted molar refractivity (Wildman–Crippen MR) is 113 cm³/mol. The lowest BCUT2D eigenvalue weighted by Crippen LogP contribution is -2.30. The zero-order valence-corrected chi connectivity index (χ0v) is 18.0. The Hall–Kier alpha value is -2.85. The van der Waals surface area contributed by atoms with E-state index in [0.29, 0.717) is 33.7 Å². The van der Waals surface area contributed by atoms with Crippen molar-refractivity contribution in [1.82, 2.24) is 5.32 Å². The van der Waals surface area contributed by atoms with Gasteiger partial charge in [0.15, 0.2) is 11.5 Å². The van der Waals surface area contributed by atoms with Crippen LogP contribution in [-0.4, -0.2) is 18.6 Å². The number of rotatable bonds is 8. The normalized spacial score (nSPS) is 11.1. The number of nitrogens with zero attached hydrogens (tertiary/aromatic N) is 1. The summed E-state index contributed by atoms with van der Waals surface area (Å²) in [5.74, 6) is 0.144. The SMILES string of the molecule is CCOc1cc(/C=C(/C#N)C(=O)NC(C)C)c(Br)cc1OCc1cccc(F)c1. The van der Waals surface area contributed by atoms with Gasteiger partial charge in [-0.3, -0.25) is 4.79 Å². The molecule has 0 aliphatic rings. The number of carbonyl (C=O) groups excluding carboxylic acids is 1. The Labute approximate surface area is 178 Å². The minimum Gasteiger partial charge on any atom is -0.490 e. The maximum absolute atomic E-state index is 13.4. The zero-order valence-electron chi connectivity index (χ0n) is 16.5. The lowest BCUT2D eigenvalue weighted by atomic mass is 10.1. The van der Waals surface area contributed by atoms with Gasteiger partial charge in [-0.25, -0.2) is 4.39 Å². The molecule has 2 aromatic rings. The van der Waals surface area contributed by atoms with Crippen LogP contribution in [0, 0.1) is 17.1 Å². The molecular formula is C22H22BrFN2O3. The minimum absolute atomic E-state index is 0.0183. The second-order valence-electron chi connectivity index (χ2n) is 6.47. The van der Waals surface area contributed by atoms with E-state index in [9.17, 15) is 14.4 Å². The van der Waals surface area contributed by atoms with Gasteiger partial charge in [0.1, 0.15) is 24.1 Å². The molecule has 0 heterocycles. The molecule has 1 amide bonds. The summed E-state index contributed by atoms with van der Waals surface area (Å²) in [4.78, 5) is 12.2. The van der Waals surface area contributed by atoms with Crippen LogP contribution in [0.25, 0.3) is 6.08 Å². The lowest BCUT2D eigenvalue weighted by Gasteiger charge is -2.14. The molecule has 0 aliphatic heterocycles. The first-order valence-electron chi connectivity index (χ1n) is 9.10. The molecule has 0 fully saturated rings. The zero-order chi connectivity index (χ0) is 21.4. The van der Waals surface area contributed by atoms with E-state index < -0.39 is 5.91 Å². The second kappa shape index (κ2) is 10.6. The van der Waals surface area contributed by atoms with Gasteiger partial charge in [-0.2, -0.15) is 5.26 Å². The summed E-state index contributed by atoms with van der Waals surface area (Å²) in [6.07, 6.45) is 1.49.